The van der Waals surface area contributed by atoms with Crippen molar-refractivity contribution in [3.8, 4) is 33.8 Å². The van der Waals surface area contributed by atoms with Gasteiger partial charge >= 0.3 is 0 Å². The van der Waals surface area contributed by atoms with Gasteiger partial charge in [-0.05, 0) is 42.3 Å². The summed E-state index contributed by atoms with van der Waals surface area (Å²) in [6, 6.07) is 47.8. The molecule has 0 saturated carbocycles. The Hall–Kier alpha value is -5.32. The van der Waals surface area contributed by atoms with Gasteiger partial charge in [-0.25, -0.2) is 9.97 Å². The van der Waals surface area contributed by atoms with Crippen molar-refractivity contribution in [2.45, 2.75) is 13.5 Å². The van der Waals surface area contributed by atoms with E-state index in [4.69, 9.17) is 9.97 Å². The number of rotatable bonds is 4. The highest BCUT2D eigenvalue weighted by Gasteiger charge is 2.16. The SMILES string of the molecule is CCn1c(-c2ccc(-c3ccc(-c4nc5ccccc5c5c4ccc4c6ccccc6sc45)cc3)cc2)nc2ccccc21. The Labute approximate surface area is 258 Å². The van der Waals surface area contributed by atoms with Crippen molar-refractivity contribution in [2.75, 3.05) is 0 Å². The summed E-state index contributed by atoms with van der Waals surface area (Å²) in [7, 11) is 0. The van der Waals surface area contributed by atoms with Gasteiger partial charge in [-0.2, -0.15) is 0 Å². The molecule has 4 heteroatoms. The number of pyridine rings is 1. The Morgan fingerprint density at radius 3 is 1.91 bits per heavy atom. The zero-order chi connectivity index (χ0) is 29.2. The number of fused-ring (bicyclic) bond motifs is 8. The number of thiophene rings is 1. The first kappa shape index (κ1) is 25.2. The maximum absolute atomic E-state index is 5.21. The summed E-state index contributed by atoms with van der Waals surface area (Å²) in [5.41, 5.74) is 8.88. The highest BCUT2D eigenvalue weighted by molar-refractivity contribution is 7.26. The van der Waals surface area contributed by atoms with Crippen LogP contribution in [0, 0.1) is 0 Å². The van der Waals surface area contributed by atoms with Crippen LogP contribution < -0.4 is 0 Å². The van der Waals surface area contributed by atoms with Crippen LogP contribution in [0.5, 0.6) is 0 Å². The fourth-order valence-electron chi connectivity index (χ4n) is 6.69. The van der Waals surface area contributed by atoms with E-state index in [1.54, 1.807) is 0 Å². The molecule has 0 aliphatic heterocycles. The van der Waals surface area contributed by atoms with Crippen molar-refractivity contribution < 1.29 is 0 Å². The summed E-state index contributed by atoms with van der Waals surface area (Å²) >= 11 is 1.88. The summed E-state index contributed by atoms with van der Waals surface area (Å²) in [6.07, 6.45) is 0. The van der Waals surface area contributed by atoms with Crippen molar-refractivity contribution in [3.63, 3.8) is 0 Å². The van der Waals surface area contributed by atoms with Gasteiger partial charge in [0.25, 0.3) is 0 Å². The topological polar surface area (TPSA) is 30.7 Å². The van der Waals surface area contributed by atoms with E-state index in [1.165, 1.54) is 53.0 Å². The average Bonchev–Trinajstić information content (AvgIpc) is 3.66. The van der Waals surface area contributed by atoms with E-state index in [9.17, 15) is 0 Å². The van der Waals surface area contributed by atoms with Crippen LogP contribution in [-0.2, 0) is 6.54 Å². The van der Waals surface area contributed by atoms with E-state index in [1.807, 2.05) is 17.4 Å². The number of nitrogens with zero attached hydrogens (tertiary/aromatic N) is 3. The van der Waals surface area contributed by atoms with E-state index in [0.29, 0.717) is 0 Å². The number of aryl methyl sites for hydroxylation is 1. The molecule has 3 heterocycles. The number of hydrogen-bond donors (Lipinski definition) is 0. The van der Waals surface area contributed by atoms with Crippen LogP contribution in [0.3, 0.4) is 0 Å². The molecule has 0 spiro atoms. The van der Waals surface area contributed by atoms with Crippen LogP contribution in [0.4, 0.5) is 0 Å². The zero-order valence-electron chi connectivity index (χ0n) is 24.2. The molecule has 3 nitrogen and oxygen atoms in total. The van der Waals surface area contributed by atoms with E-state index in [-0.39, 0.29) is 0 Å². The third kappa shape index (κ3) is 3.81. The normalized spacial score (nSPS) is 11.8. The van der Waals surface area contributed by atoms with Gasteiger partial charge in [0.2, 0.25) is 0 Å². The first-order valence-electron chi connectivity index (χ1n) is 15.1. The fraction of sp³-hybridized carbons (Fsp3) is 0.0500. The molecule has 9 rings (SSSR count). The Bertz CT molecular complexity index is 2520. The Balaban J connectivity index is 1.13. The summed E-state index contributed by atoms with van der Waals surface area (Å²) in [5, 5.41) is 6.32. The van der Waals surface area contributed by atoms with Crippen molar-refractivity contribution >= 4 is 64.2 Å². The predicted octanol–water partition coefficient (Wildman–Crippen LogP) is 11.1. The van der Waals surface area contributed by atoms with Crippen LogP contribution in [0.25, 0.3) is 86.7 Å². The molecule has 44 heavy (non-hydrogen) atoms. The highest BCUT2D eigenvalue weighted by atomic mass is 32.1. The van der Waals surface area contributed by atoms with Gasteiger partial charge in [0.15, 0.2) is 0 Å². The molecule has 0 aliphatic rings. The van der Waals surface area contributed by atoms with Crippen molar-refractivity contribution in [3.05, 3.63) is 133 Å². The monoisotopic (exact) mass is 581 g/mol. The molecule has 0 radical (unpaired) electrons. The minimum Gasteiger partial charge on any atom is -0.324 e. The van der Waals surface area contributed by atoms with Crippen molar-refractivity contribution in [1.82, 2.24) is 14.5 Å². The van der Waals surface area contributed by atoms with Crippen LogP contribution in [0.15, 0.2) is 133 Å². The molecular formula is C40H27N3S. The van der Waals surface area contributed by atoms with Gasteiger partial charge in [-0.1, -0.05) is 109 Å². The molecule has 6 aromatic carbocycles. The van der Waals surface area contributed by atoms with Crippen LogP contribution in [-0.4, -0.2) is 14.5 Å². The van der Waals surface area contributed by atoms with Gasteiger partial charge in [0.05, 0.1) is 22.2 Å². The fourth-order valence-corrected chi connectivity index (χ4v) is 7.95. The van der Waals surface area contributed by atoms with E-state index < -0.39 is 0 Å². The molecule has 0 fully saturated rings. The molecule has 0 unspecified atom stereocenters. The van der Waals surface area contributed by atoms with E-state index >= 15 is 0 Å². The lowest BCUT2D eigenvalue weighted by molar-refractivity contribution is 0.796. The van der Waals surface area contributed by atoms with E-state index in [0.717, 1.165) is 40.2 Å². The molecule has 0 amide bonds. The number of para-hydroxylation sites is 3. The summed E-state index contributed by atoms with van der Waals surface area (Å²) in [6.45, 7) is 3.05. The first-order valence-corrected chi connectivity index (χ1v) is 15.9. The Kier molecular flexibility index (Phi) is 5.65. The second-order valence-electron chi connectivity index (χ2n) is 11.3. The minimum absolute atomic E-state index is 0.880. The summed E-state index contributed by atoms with van der Waals surface area (Å²) < 4.78 is 4.93. The second-order valence-corrected chi connectivity index (χ2v) is 12.3. The van der Waals surface area contributed by atoms with Gasteiger partial charge in [-0.3, -0.25) is 0 Å². The van der Waals surface area contributed by atoms with Crippen LogP contribution in [0.1, 0.15) is 6.92 Å². The summed E-state index contributed by atoms with van der Waals surface area (Å²) in [4.78, 5) is 10.1. The Morgan fingerprint density at radius 2 is 1.14 bits per heavy atom. The largest absolute Gasteiger partial charge is 0.324 e. The smallest absolute Gasteiger partial charge is 0.141 e. The Morgan fingerprint density at radius 1 is 0.523 bits per heavy atom. The quantitative estimate of drug-likeness (QED) is 0.194. The third-order valence-electron chi connectivity index (χ3n) is 8.81. The third-order valence-corrected chi connectivity index (χ3v) is 10.0. The number of benzene rings is 6. The second kappa shape index (κ2) is 9.87. The van der Waals surface area contributed by atoms with E-state index in [2.05, 4.69) is 139 Å². The van der Waals surface area contributed by atoms with Gasteiger partial charge in [0, 0.05) is 54.0 Å². The number of imidazole rings is 1. The molecule has 0 N–H and O–H groups in total. The van der Waals surface area contributed by atoms with Gasteiger partial charge in [0.1, 0.15) is 5.82 Å². The minimum atomic E-state index is 0.880. The summed E-state index contributed by atoms with van der Waals surface area (Å²) in [5.74, 6) is 1.01. The number of aromatic nitrogens is 3. The lowest BCUT2D eigenvalue weighted by Crippen LogP contribution is -1.97. The van der Waals surface area contributed by atoms with Crippen molar-refractivity contribution in [2.24, 2.45) is 0 Å². The molecule has 0 bridgehead atoms. The standard InChI is InChI=1S/C40H27N3S/c1-2-43-35-13-7-6-12-34(35)42-40(43)28-21-17-26(18-22-28)25-15-19-27(20-16-25)38-32-24-23-30-29-9-4-8-14-36(29)44-39(30)37(32)31-10-3-5-11-33(31)41-38/h3-24H,2H2,1H3. The molecular weight excluding hydrogens is 555 g/mol. The highest BCUT2D eigenvalue weighted by Crippen LogP contribution is 2.43. The molecule has 0 aliphatic carbocycles. The molecule has 9 aromatic rings. The maximum atomic E-state index is 5.21. The molecule has 0 saturated heterocycles. The zero-order valence-corrected chi connectivity index (χ0v) is 25.0. The lowest BCUT2D eigenvalue weighted by Gasteiger charge is -2.12. The maximum Gasteiger partial charge on any atom is 0.141 e. The van der Waals surface area contributed by atoms with Crippen LogP contribution >= 0.6 is 11.3 Å². The number of hydrogen-bond acceptors (Lipinski definition) is 3. The average molecular weight is 582 g/mol. The predicted molar refractivity (Wildman–Crippen MR) is 187 cm³/mol. The van der Waals surface area contributed by atoms with Gasteiger partial charge in [-0.15, -0.1) is 11.3 Å². The van der Waals surface area contributed by atoms with Crippen molar-refractivity contribution in [1.29, 1.82) is 0 Å². The first-order chi connectivity index (χ1) is 21.8. The molecule has 0 atom stereocenters. The van der Waals surface area contributed by atoms with Gasteiger partial charge < -0.3 is 4.57 Å². The van der Waals surface area contributed by atoms with Crippen LogP contribution in [0.2, 0.25) is 0 Å². The molecule has 208 valence electrons. The molecule has 3 aromatic heterocycles. The lowest BCUT2D eigenvalue weighted by atomic mass is 9.96.